The molecule has 2 aromatic carbocycles. The van der Waals surface area contributed by atoms with Gasteiger partial charge < -0.3 is 16.2 Å². The molecule has 4 N–H and O–H groups in total. The molecule has 13 heteroatoms. The highest BCUT2D eigenvalue weighted by atomic mass is 19.4. The van der Waals surface area contributed by atoms with Gasteiger partial charge in [-0.1, -0.05) is 12.1 Å². The normalized spacial score (nSPS) is 12.7. The number of amides is 1. The molecule has 1 atom stereocenters. The van der Waals surface area contributed by atoms with Crippen molar-refractivity contribution in [3.05, 3.63) is 71.2 Å². The average molecular weight is 478 g/mol. The fourth-order valence-corrected chi connectivity index (χ4v) is 3.32. The molecule has 0 aliphatic carbocycles. The first-order chi connectivity index (χ1) is 16.0. The van der Waals surface area contributed by atoms with Crippen LogP contribution >= 0.6 is 0 Å². The van der Waals surface area contributed by atoms with Crippen LogP contribution in [0.2, 0.25) is 0 Å². The number of aromatic nitrogens is 4. The minimum Gasteiger partial charge on any atom is -0.382 e. The third-order valence-electron chi connectivity index (χ3n) is 4.96. The van der Waals surface area contributed by atoms with Crippen molar-refractivity contribution in [3.63, 3.8) is 0 Å². The lowest BCUT2D eigenvalue weighted by molar-refractivity contribution is -0.138. The molecule has 4 rings (SSSR count). The van der Waals surface area contributed by atoms with E-state index in [2.05, 4.69) is 15.1 Å². The molecule has 2 aromatic heterocycles. The maximum absolute atomic E-state index is 14.9. The standard InChI is InChI=1S/C21H15F5N6O2/c1-9-16-17(19(27)29-8-28-16)32(31-9)15-7-12(22)14(6-13(15)23)30-20(34)18(33)10-3-2-4-11(5-10)21(24,25)26/h2-8,18,33H,1H3,(H,30,34)(H2,27,28,29). The molecule has 0 aliphatic rings. The Labute approximate surface area is 187 Å². The number of benzene rings is 2. The van der Waals surface area contributed by atoms with Gasteiger partial charge in [0.1, 0.15) is 28.9 Å². The lowest BCUT2D eigenvalue weighted by atomic mass is 10.0. The van der Waals surface area contributed by atoms with Gasteiger partial charge >= 0.3 is 6.18 Å². The number of alkyl halides is 3. The van der Waals surface area contributed by atoms with Crippen molar-refractivity contribution in [2.75, 3.05) is 11.1 Å². The summed E-state index contributed by atoms with van der Waals surface area (Å²) in [5, 5.41) is 16.2. The number of carbonyl (C=O) groups excluding carboxylic acids is 1. The molecule has 0 spiro atoms. The highest BCUT2D eigenvalue weighted by Crippen LogP contribution is 2.32. The van der Waals surface area contributed by atoms with Gasteiger partial charge in [-0.25, -0.2) is 23.4 Å². The molecule has 0 radical (unpaired) electrons. The smallest absolute Gasteiger partial charge is 0.382 e. The summed E-state index contributed by atoms with van der Waals surface area (Å²) in [5.74, 6) is -3.40. The molecule has 2 heterocycles. The van der Waals surface area contributed by atoms with Crippen LogP contribution in [0.3, 0.4) is 0 Å². The average Bonchev–Trinajstić information content (AvgIpc) is 3.12. The molecule has 34 heavy (non-hydrogen) atoms. The lowest BCUT2D eigenvalue weighted by Crippen LogP contribution is -2.22. The number of aryl methyl sites for hydroxylation is 1. The summed E-state index contributed by atoms with van der Waals surface area (Å²) in [5.41, 5.74) is 4.24. The Morgan fingerprint density at radius 1 is 1.15 bits per heavy atom. The van der Waals surface area contributed by atoms with Gasteiger partial charge in [-0.05, 0) is 24.6 Å². The first-order valence-corrected chi connectivity index (χ1v) is 9.58. The molecule has 0 aliphatic heterocycles. The van der Waals surface area contributed by atoms with Crippen LogP contribution in [-0.4, -0.2) is 30.8 Å². The van der Waals surface area contributed by atoms with Gasteiger partial charge in [0, 0.05) is 12.1 Å². The number of nitrogens with one attached hydrogen (secondary N) is 1. The lowest BCUT2D eigenvalue weighted by Gasteiger charge is -2.15. The van der Waals surface area contributed by atoms with Crippen LogP contribution < -0.4 is 11.1 Å². The van der Waals surface area contributed by atoms with E-state index in [9.17, 15) is 31.9 Å². The van der Waals surface area contributed by atoms with Crippen LogP contribution in [0.25, 0.3) is 16.7 Å². The topological polar surface area (TPSA) is 119 Å². The fourth-order valence-electron chi connectivity index (χ4n) is 3.32. The Hall–Kier alpha value is -4.13. The van der Waals surface area contributed by atoms with Crippen molar-refractivity contribution >= 4 is 28.4 Å². The van der Waals surface area contributed by atoms with Gasteiger partial charge in [-0.15, -0.1) is 0 Å². The number of nitrogens with zero attached hydrogens (tertiary/aromatic N) is 4. The van der Waals surface area contributed by atoms with E-state index in [0.717, 1.165) is 28.9 Å². The van der Waals surface area contributed by atoms with Gasteiger partial charge in [0.2, 0.25) is 0 Å². The summed E-state index contributed by atoms with van der Waals surface area (Å²) in [7, 11) is 0. The summed E-state index contributed by atoms with van der Waals surface area (Å²) >= 11 is 0. The van der Waals surface area contributed by atoms with Gasteiger partial charge in [-0.2, -0.15) is 18.3 Å². The van der Waals surface area contributed by atoms with Crippen molar-refractivity contribution < 1.29 is 31.9 Å². The SMILES string of the molecule is Cc1nn(-c2cc(F)c(NC(=O)C(O)c3cccc(C(F)(F)F)c3)cc2F)c2c(N)ncnc12. The molecule has 0 bridgehead atoms. The van der Waals surface area contributed by atoms with Gasteiger partial charge in [0.05, 0.1) is 16.9 Å². The van der Waals surface area contributed by atoms with E-state index in [0.29, 0.717) is 23.3 Å². The second-order valence-electron chi connectivity index (χ2n) is 7.25. The highest BCUT2D eigenvalue weighted by Gasteiger charge is 2.31. The Morgan fingerprint density at radius 3 is 2.59 bits per heavy atom. The largest absolute Gasteiger partial charge is 0.416 e. The number of hydrogen-bond donors (Lipinski definition) is 3. The summed E-state index contributed by atoms with van der Waals surface area (Å²) in [6.45, 7) is 1.59. The molecule has 4 aromatic rings. The highest BCUT2D eigenvalue weighted by molar-refractivity contribution is 5.95. The number of anilines is 2. The molecule has 0 saturated carbocycles. The van der Waals surface area contributed by atoms with Crippen LogP contribution in [-0.2, 0) is 11.0 Å². The predicted octanol–water partition coefficient (Wildman–Crippen LogP) is 3.68. The zero-order valence-electron chi connectivity index (χ0n) is 17.2. The Bertz CT molecular complexity index is 1420. The number of carbonyl (C=O) groups is 1. The van der Waals surface area contributed by atoms with Crippen LogP contribution in [0.5, 0.6) is 0 Å². The minimum atomic E-state index is -4.69. The van der Waals surface area contributed by atoms with Gasteiger partial charge in [0.25, 0.3) is 5.91 Å². The van der Waals surface area contributed by atoms with E-state index >= 15 is 0 Å². The van der Waals surface area contributed by atoms with Crippen LogP contribution in [0.4, 0.5) is 33.5 Å². The van der Waals surface area contributed by atoms with E-state index in [1.165, 1.54) is 6.33 Å². The molecule has 1 amide bonds. The number of aliphatic hydroxyl groups excluding tert-OH is 1. The monoisotopic (exact) mass is 478 g/mol. The van der Waals surface area contributed by atoms with Crippen LogP contribution in [0.1, 0.15) is 22.9 Å². The van der Waals surface area contributed by atoms with Crippen LogP contribution in [0, 0.1) is 18.6 Å². The Kier molecular flexibility index (Phi) is 5.65. The van der Waals surface area contributed by atoms with E-state index in [4.69, 9.17) is 5.73 Å². The van der Waals surface area contributed by atoms with Crippen molar-refractivity contribution in [2.45, 2.75) is 19.2 Å². The number of fused-ring (bicyclic) bond motifs is 1. The van der Waals surface area contributed by atoms with Crippen molar-refractivity contribution in [3.8, 4) is 5.69 Å². The number of rotatable bonds is 4. The predicted molar refractivity (Wildman–Crippen MR) is 111 cm³/mol. The number of nitrogen functional groups attached to an aromatic ring is 1. The van der Waals surface area contributed by atoms with E-state index < -0.39 is 41.1 Å². The van der Waals surface area contributed by atoms with Crippen molar-refractivity contribution in [1.29, 1.82) is 0 Å². The zero-order valence-corrected chi connectivity index (χ0v) is 17.2. The first-order valence-electron chi connectivity index (χ1n) is 9.58. The maximum atomic E-state index is 14.9. The number of nitrogens with two attached hydrogens (primary N) is 1. The van der Waals surface area contributed by atoms with E-state index in [1.54, 1.807) is 6.92 Å². The molecular formula is C21H15F5N6O2. The zero-order chi connectivity index (χ0) is 24.8. The van der Waals surface area contributed by atoms with E-state index in [1.807, 2.05) is 5.32 Å². The number of hydrogen-bond acceptors (Lipinski definition) is 6. The van der Waals surface area contributed by atoms with Crippen molar-refractivity contribution in [1.82, 2.24) is 19.7 Å². The fraction of sp³-hybridized carbons (Fsp3) is 0.143. The second-order valence-corrected chi connectivity index (χ2v) is 7.25. The Balaban J connectivity index is 1.64. The first kappa shape index (κ1) is 23.0. The summed E-state index contributed by atoms with van der Waals surface area (Å²) in [6.07, 6.45) is -5.57. The molecular weight excluding hydrogens is 463 g/mol. The summed E-state index contributed by atoms with van der Waals surface area (Å²) in [6, 6.07) is 4.83. The van der Waals surface area contributed by atoms with Gasteiger partial charge in [-0.3, -0.25) is 4.79 Å². The maximum Gasteiger partial charge on any atom is 0.416 e. The number of halogens is 5. The summed E-state index contributed by atoms with van der Waals surface area (Å²) in [4.78, 5) is 20.2. The van der Waals surface area contributed by atoms with Gasteiger partial charge in [0.15, 0.2) is 17.7 Å². The molecule has 1 unspecified atom stereocenters. The van der Waals surface area contributed by atoms with Crippen molar-refractivity contribution in [2.24, 2.45) is 0 Å². The quantitative estimate of drug-likeness (QED) is 0.385. The molecule has 176 valence electrons. The van der Waals surface area contributed by atoms with E-state index in [-0.39, 0.29) is 22.6 Å². The number of aliphatic hydroxyl groups is 1. The molecule has 8 nitrogen and oxygen atoms in total. The third kappa shape index (κ3) is 4.12. The molecule has 0 fully saturated rings. The molecule has 0 saturated heterocycles. The summed E-state index contributed by atoms with van der Waals surface area (Å²) < 4.78 is 69.3. The van der Waals surface area contributed by atoms with Crippen LogP contribution in [0.15, 0.2) is 42.7 Å². The third-order valence-corrected chi connectivity index (χ3v) is 4.96. The second kappa shape index (κ2) is 8.33. The minimum absolute atomic E-state index is 0.0213. The Morgan fingerprint density at radius 2 is 1.88 bits per heavy atom.